The molecule has 344 valence electrons. The Morgan fingerprint density at radius 3 is 2.43 bits per heavy atom. The molecule has 28 heteroatoms. The number of aliphatic hydroxyl groups is 2. The fraction of sp³-hybridized carbons (Fsp3) is 0.636. The fourth-order valence-electron chi connectivity index (χ4n) is 5.43. The second kappa shape index (κ2) is 24.2. The third-order valence-electron chi connectivity index (χ3n) is 8.63. The summed E-state index contributed by atoms with van der Waals surface area (Å²) in [6.07, 6.45) is 6.62. The van der Waals surface area contributed by atoms with E-state index in [-0.39, 0.29) is 48.0 Å². The minimum Gasteiger partial charge on any atom is -0.386 e. The number of unbranched alkanes of at least 4 members (excludes halogenated alkanes) is 3. The number of rotatable bonds is 27. The van der Waals surface area contributed by atoms with E-state index in [2.05, 4.69) is 53.5 Å². The van der Waals surface area contributed by atoms with Crippen molar-refractivity contribution in [1.82, 2.24) is 30.2 Å². The van der Waals surface area contributed by atoms with Gasteiger partial charge in [-0.2, -0.15) is 4.31 Å². The molecule has 2 amide bonds. The van der Waals surface area contributed by atoms with Crippen molar-refractivity contribution in [3.05, 3.63) is 37.0 Å². The number of hydrogen-bond donors (Lipinski definition) is 9. The van der Waals surface area contributed by atoms with Crippen LogP contribution in [0, 0.1) is 5.41 Å². The van der Waals surface area contributed by atoms with Gasteiger partial charge >= 0.3 is 23.5 Å². The van der Waals surface area contributed by atoms with Gasteiger partial charge in [0.15, 0.2) is 22.8 Å². The topological polar surface area (TPSA) is 364 Å². The highest BCUT2D eigenvalue weighted by molar-refractivity contribution is 8.13. The van der Waals surface area contributed by atoms with Crippen LogP contribution in [0.3, 0.4) is 0 Å². The number of aromatic nitrogens is 4. The van der Waals surface area contributed by atoms with Crippen molar-refractivity contribution in [2.24, 2.45) is 5.41 Å². The van der Waals surface area contributed by atoms with Crippen LogP contribution in [0.4, 0.5) is 5.82 Å². The van der Waals surface area contributed by atoms with E-state index >= 15 is 0 Å². The van der Waals surface area contributed by atoms with Crippen molar-refractivity contribution in [3.8, 4) is 0 Å². The number of anilines is 1. The number of fused-ring (bicyclic) bond motifs is 1. The Morgan fingerprint density at radius 1 is 1.02 bits per heavy atom. The third kappa shape index (κ3) is 18.0. The average Bonchev–Trinajstić information content (AvgIpc) is 3.73. The molecule has 0 spiro atoms. The van der Waals surface area contributed by atoms with Crippen molar-refractivity contribution in [1.29, 1.82) is 0 Å². The Labute approximate surface area is 355 Å². The second-order valence-electron chi connectivity index (χ2n) is 14.2. The zero-order valence-electron chi connectivity index (χ0n) is 33.6. The van der Waals surface area contributed by atoms with E-state index in [1.807, 2.05) is 6.08 Å². The lowest BCUT2D eigenvalue weighted by molar-refractivity contribution is -0.137. The number of aliphatic hydroxyl groups excluding tert-OH is 2. The van der Waals surface area contributed by atoms with Crippen LogP contribution >= 0.6 is 35.2 Å². The molecule has 61 heavy (non-hydrogen) atoms. The van der Waals surface area contributed by atoms with Crippen molar-refractivity contribution >= 4 is 69.1 Å². The highest BCUT2D eigenvalue weighted by Crippen LogP contribution is 2.61. The maximum Gasteiger partial charge on any atom is 0.481 e. The van der Waals surface area contributed by atoms with Gasteiger partial charge in [0.1, 0.15) is 36.3 Å². The Morgan fingerprint density at radius 2 is 1.72 bits per heavy atom. The SMILES string of the molecule is CCCCC/C=C\C/C=C\CC(=O)SCCNC(=O)CCNC(=O)C(O)C(C)(C)COP(=O)(O)OP(=O)(O)OC[C@H]1O[C@@H](n2cnc3c(N)ncnc32)[C@H](O)[C@@H]1OP(=O)(O)O. The molecule has 0 aromatic carbocycles. The smallest absolute Gasteiger partial charge is 0.386 e. The highest BCUT2D eigenvalue weighted by Gasteiger charge is 2.50. The number of nitrogens with zero attached hydrogens (tertiary/aromatic N) is 4. The summed E-state index contributed by atoms with van der Waals surface area (Å²) in [5.41, 5.74) is 4.27. The van der Waals surface area contributed by atoms with Gasteiger partial charge in [0.25, 0.3) is 0 Å². The molecule has 10 N–H and O–H groups in total. The number of allylic oxidation sites excluding steroid dienone is 4. The van der Waals surface area contributed by atoms with Crippen LogP contribution < -0.4 is 16.4 Å². The summed E-state index contributed by atoms with van der Waals surface area (Å²) in [6.45, 7) is 2.65. The summed E-state index contributed by atoms with van der Waals surface area (Å²) in [6, 6.07) is 0. The highest BCUT2D eigenvalue weighted by atomic mass is 32.2. The maximum absolute atomic E-state index is 12.7. The molecule has 2 aromatic heterocycles. The Balaban J connectivity index is 1.40. The average molecular weight is 946 g/mol. The molecule has 3 unspecified atom stereocenters. The third-order valence-corrected chi connectivity index (χ3v) is 12.6. The quantitative estimate of drug-likeness (QED) is 0.0352. The van der Waals surface area contributed by atoms with Gasteiger partial charge in [0.05, 0.1) is 19.5 Å². The van der Waals surface area contributed by atoms with E-state index in [0.717, 1.165) is 48.2 Å². The fourth-order valence-corrected chi connectivity index (χ4v) is 8.91. The number of ether oxygens (including phenoxy) is 1. The van der Waals surface area contributed by atoms with Gasteiger partial charge in [-0.15, -0.1) is 0 Å². The molecule has 1 aliphatic heterocycles. The number of carbonyl (C=O) groups is 3. The molecule has 2 aromatic rings. The lowest BCUT2D eigenvalue weighted by Crippen LogP contribution is -2.46. The standard InChI is InChI=1S/C33H54N7O17P3S/c1-4-5-6-7-8-9-10-11-12-13-24(42)61-17-16-35-23(41)14-15-36-31(45)28(44)33(2,3)19-54-60(51,52)57-59(49,50)53-18-22-27(56-58(46,47)48)26(43)32(55-22)40-21-39-25-29(34)37-20-38-30(25)40/h8-9,11-12,20-22,26-28,32,43-44H,4-7,10,13-19H2,1-3H3,(H,35,41)(H,36,45)(H,49,50)(H,51,52)(H2,34,37,38)(H2,46,47,48)/b9-8-,12-11-/t22-,26-,27-,28?,32-/m1/s1. The van der Waals surface area contributed by atoms with Gasteiger partial charge in [-0.25, -0.2) is 28.6 Å². The summed E-state index contributed by atoms with van der Waals surface area (Å²) in [4.78, 5) is 87.9. The number of phosphoric ester groups is 3. The zero-order chi connectivity index (χ0) is 45.4. The van der Waals surface area contributed by atoms with Gasteiger partial charge < -0.3 is 50.9 Å². The first kappa shape index (κ1) is 52.4. The predicted molar refractivity (Wildman–Crippen MR) is 219 cm³/mol. The van der Waals surface area contributed by atoms with Crippen molar-refractivity contribution in [3.63, 3.8) is 0 Å². The summed E-state index contributed by atoms with van der Waals surface area (Å²) >= 11 is 1.08. The van der Waals surface area contributed by atoms with E-state index in [0.29, 0.717) is 5.75 Å². The number of amides is 2. The molecule has 1 saturated heterocycles. The summed E-state index contributed by atoms with van der Waals surface area (Å²) in [5.74, 6) is -1.11. The molecule has 1 fully saturated rings. The lowest BCUT2D eigenvalue weighted by atomic mass is 9.87. The van der Waals surface area contributed by atoms with Crippen LogP contribution in [0.1, 0.15) is 71.9 Å². The number of imidazole rings is 1. The number of carbonyl (C=O) groups excluding carboxylic acids is 3. The molecule has 3 rings (SSSR count). The Bertz CT molecular complexity index is 1980. The van der Waals surface area contributed by atoms with Crippen LogP contribution in [0.15, 0.2) is 37.0 Å². The molecule has 1 aliphatic rings. The molecule has 0 bridgehead atoms. The zero-order valence-corrected chi connectivity index (χ0v) is 37.1. The lowest BCUT2D eigenvalue weighted by Gasteiger charge is -2.30. The van der Waals surface area contributed by atoms with Crippen LogP contribution in [-0.4, -0.2) is 123 Å². The number of nitrogens with two attached hydrogens (primary N) is 1. The second-order valence-corrected chi connectivity index (χ2v) is 19.6. The van der Waals surface area contributed by atoms with E-state index in [1.54, 1.807) is 6.08 Å². The van der Waals surface area contributed by atoms with Crippen molar-refractivity contribution in [2.45, 2.75) is 96.4 Å². The molecule has 0 aliphatic carbocycles. The maximum atomic E-state index is 12.7. The van der Waals surface area contributed by atoms with E-state index in [9.17, 15) is 57.9 Å². The van der Waals surface area contributed by atoms with Gasteiger partial charge in [-0.3, -0.25) is 32.5 Å². The van der Waals surface area contributed by atoms with Crippen LogP contribution in [0.25, 0.3) is 11.2 Å². The molecular formula is C33H54N7O17P3S. The van der Waals surface area contributed by atoms with Gasteiger partial charge in [-0.1, -0.05) is 69.7 Å². The molecule has 0 saturated carbocycles. The number of phosphoric acid groups is 3. The number of thioether (sulfide) groups is 1. The van der Waals surface area contributed by atoms with Gasteiger partial charge in [0.2, 0.25) is 11.8 Å². The molecule has 0 radical (unpaired) electrons. The number of nitrogens with one attached hydrogen (secondary N) is 2. The predicted octanol–water partition coefficient (Wildman–Crippen LogP) is 2.14. The van der Waals surface area contributed by atoms with E-state index < -0.39 is 84.6 Å². The van der Waals surface area contributed by atoms with Crippen molar-refractivity contribution < 1.29 is 80.5 Å². The minimum atomic E-state index is -5.57. The minimum absolute atomic E-state index is 0.0306. The molecule has 7 atom stereocenters. The summed E-state index contributed by atoms with van der Waals surface area (Å²) in [7, 11) is -16.4. The normalized spacial score (nSPS) is 21.1. The van der Waals surface area contributed by atoms with Crippen LogP contribution in [-0.2, 0) is 50.7 Å². The monoisotopic (exact) mass is 945 g/mol. The number of nitrogen functional groups attached to an aromatic ring is 1. The summed E-state index contributed by atoms with van der Waals surface area (Å²) < 4.78 is 62.2. The first-order chi connectivity index (χ1) is 28.6. The first-order valence-electron chi connectivity index (χ1n) is 18.9. The summed E-state index contributed by atoms with van der Waals surface area (Å²) in [5, 5.41) is 26.4. The Hall–Kier alpha value is -2.96. The largest absolute Gasteiger partial charge is 0.481 e. The van der Waals surface area contributed by atoms with Gasteiger partial charge in [0, 0.05) is 37.1 Å². The first-order valence-corrected chi connectivity index (χ1v) is 24.4. The molecular weight excluding hydrogens is 891 g/mol. The van der Waals surface area contributed by atoms with Crippen LogP contribution in [0.5, 0.6) is 0 Å². The Kier molecular flexibility index (Phi) is 20.8. The van der Waals surface area contributed by atoms with E-state index in [1.165, 1.54) is 26.7 Å². The van der Waals surface area contributed by atoms with Crippen molar-refractivity contribution in [2.75, 3.05) is 37.8 Å². The van der Waals surface area contributed by atoms with Crippen LogP contribution in [0.2, 0.25) is 0 Å². The van der Waals surface area contributed by atoms with E-state index in [4.69, 9.17) is 19.5 Å². The number of hydrogen-bond acceptors (Lipinski definition) is 18. The van der Waals surface area contributed by atoms with Gasteiger partial charge in [-0.05, 0) is 19.3 Å². The molecule has 24 nitrogen and oxygen atoms in total. The molecule has 3 heterocycles.